The summed E-state index contributed by atoms with van der Waals surface area (Å²) in [6.45, 7) is 2.09. The van der Waals surface area contributed by atoms with Crippen molar-refractivity contribution in [2.24, 2.45) is 0 Å². The Labute approximate surface area is 162 Å². The van der Waals surface area contributed by atoms with Gasteiger partial charge >= 0.3 is 0 Å². The van der Waals surface area contributed by atoms with Gasteiger partial charge in [-0.3, -0.25) is 14.4 Å². The maximum Gasteiger partial charge on any atom is 0.255 e. The zero-order chi connectivity index (χ0) is 19.4. The summed E-state index contributed by atoms with van der Waals surface area (Å²) < 4.78 is 0. The molecule has 3 amide bonds. The van der Waals surface area contributed by atoms with Crippen LogP contribution in [0, 0.1) is 0 Å². The first-order valence-electron chi connectivity index (χ1n) is 8.73. The normalized spacial score (nSPS) is 14.0. The standard InChI is InChI=1S/C20H20ClN3O3/c1-13(25)22-18-12-15(7-10-17(18)21)23-20(27)14-5-8-16(9-6-14)24-11-3-2-4-19(24)26/h5-10,12H,2-4,11H2,1H3,(H,22,25)(H,23,27). The molecule has 0 aliphatic carbocycles. The van der Waals surface area contributed by atoms with Gasteiger partial charge in [-0.25, -0.2) is 0 Å². The Bertz CT molecular complexity index is 881. The third-order valence-electron chi connectivity index (χ3n) is 4.30. The number of carbonyl (C=O) groups excluding carboxylic acids is 3. The summed E-state index contributed by atoms with van der Waals surface area (Å²) in [5.41, 5.74) is 2.22. The van der Waals surface area contributed by atoms with Gasteiger partial charge in [-0.2, -0.15) is 0 Å². The van der Waals surface area contributed by atoms with Gasteiger partial charge in [-0.1, -0.05) is 11.6 Å². The number of piperidine rings is 1. The van der Waals surface area contributed by atoms with Crippen LogP contribution in [0.15, 0.2) is 42.5 Å². The van der Waals surface area contributed by atoms with Gasteiger partial charge in [-0.05, 0) is 55.3 Å². The Hall–Kier alpha value is -2.86. The largest absolute Gasteiger partial charge is 0.325 e. The van der Waals surface area contributed by atoms with Crippen molar-refractivity contribution in [1.29, 1.82) is 0 Å². The van der Waals surface area contributed by atoms with Gasteiger partial charge in [0.15, 0.2) is 0 Å². The minimum atomic E-state index is -0.289. The monoisotopic (exact) mass is 385 g/mol. The van der Waals surface area contributed by atoms with Crippen LogP contribution in [0.3, 0.4) is 0 Å². The average molecular weight is 386 g/mol. The lowest BCUT2D eigenvalue weighted by Gasteiger charge is -2.26. The molecule has 1 heterocycles. The molecule has 0 atom stereocenters. The predicted molar refractivity (Wildman–Crippen MR) is 106 cm³/mol. The molecule has 6 nitrogen and oxygen atoms in total. The summed E-state index contributed by atoms with van der Waals surface area (Å²) in [5.74, 6) is -0.420. The molecule has 140 valence electrons. The lowest BCUT2D eigenvalue weighted by molar-refractivity contribution is -0.119. The summed E-state index contributed by atoms with van der Waals surface area (Å²) in [5, 5.41) is 5.78. The predicted octanol–water partition coefficient (Wildman–Crippen LogP) is 4.07. The number of hydrogen-bond donors (Lipinski definition) is 2. The van der Waals surface area contributed by atoms with E-state index in [2.05, 4.69) is 10.6 Å². The number of benzene rings is 2. The number of anilines is 3. The van der Waals surface area contributed by atoms with Crippen LogP contribution in [-0.2, 0) is 9.59 Å². The topological polar surface area (TPSA) is 78.5 Å². The Balaban J connectivity index is 1.71. The Morgan fingerprint density at radius 3 is 2.44 bits per heavy atom. The van der Waals surface area contributed by atoms with E-state index in [4.69, 9.17) is 11.6 Å². The summed E-state index contributed by atoms with van der Waals surface area (Å²) in [6.07, 6.45) is 2.48. The zero-order valence-corrected chi connectivity index (χ0v) is 15.7. The third-order valence-corrected chi connectivity index (χ3v) is 4.63. The number of rotatable bonds is 4. The highest BCUT2D eigenvalue weighted by molar-refractivity contribution is 6.33. The molecule has 1 aliphatic heterocycles. The van der Waals surface area contributed by atoms with Gasteiger partial charge in [0.1, 0.15) is 0 Å². The maximum absolute atomic E-state index is 12.5. The molecule has 0 radical (unpaired) electrons. The van der Waals surface area contributed by atoms with Crippen LogP contribution in [0.1, 0.15) is 36.5 Å². The van der Waals surface area contributed by atoms with Crippen molar-refractivity contribution in [3.05, 3.63) is 53.1 Å². The summed E-state index contributed by atoms with van der Waals surface area (Å²) in [6, 6.07) is 11.8. The van der Waals surface area contributed by atoms with Crippen LogP contribution >= 0.6 is 11.6 Å². The van der Waals surface area contributed by atoms with E-state index in [0.717, 1.165) is 18.5 Å². The lowest BCUT2D eigenvalue weighted by atomic mass is 10.1. The molecule has 7 heteroatoms. The third kappa shape index (κ3) is 4.65. The minimum Gasteiger partial charge on any atom is -0.325 e. The van der Waals surface area contributed by atoms with E-state index in [1.807, 2.05) is 0 Å². The fourth-order valence-electron chi connectivity index (χ4n) is 2.96. The van der Waals surface area contributed by atoms with E-state index in [-0.39, 0.29) is 17.7 Å². The Morgan fingerprint density at radius 1 is 1.04 bits per heavy atom. The molecule has 2 aromatic rings. The van der Waals surface area contributed by atoms with Crippen molar-refractivity contribution < 1.29 is 14.4 Å². The first-order chi connectivity index (χ1) is 12.9. The molecule has 0 saturated carbocycles. The Morgan fingerprint density at radius 2 is 1.78 bits per heavy atom. The zero-order valence-electron chi connectivity index (χ0n) is 14.9. The van der Waals surface area contributed by atoms with E-state index in [1.54, 1.807) is 47.4 Å². The van der Waals surface area contributed by atoms with Gasteiger partial charge in [0.05, 0.1) is 10.7 Å². The van der Waals surface area contributed by atoms with Crippen molar-refractivity contribution >= 4 is 46.4 Å². The van der Waals surface area contributed by atoms with E-state index >= 15 is 0 Å². The molecule has 3 rings (SSSR count). The van der Waals surface area contributed by atoms with Crippen molar-refractivity contribution in [2.45, 2.75) is 26.2 Å². The summed E-state index contributed by atoms with van der Waals surface area (Å²) in [4.78, 5) is 37.4. The van der Waals surface area contributed by atoms with Crippen LogP contribution in [-0.4, -0.2) is 24.3 Å². The number of amides is 3. The van der Waals surface area contributed by atoms with Crippen LogP contribution in [0.5, 0.6) is 0 Å². The number of nitrogens with one attached hydrogen (secondary N) is 2. The highest BCUT2D eigenvalue weighted by atomic mass is 35.5. The quantitative estimate of drug-likeness (QED) is 0.832. The molecule has 1 aliphatic rings. The van der Waals surface area contributed by atoms with E-state index in [0.29, 0.717) is 34.9 Å². The highest BCUT2D eigenvalue weighted by Crippen LogP contribution is 2.26. The molecule has 0 unspecified atom stereocenters. The SMILES string of the molecule is CC(=O)Nc1cc(NC(=O)c2ccc(N3CCCCC3=O)cc2)ccc1Cl. The molecule has 1 saturated heterocycles. The average Bonchev–Trinajstić information content (AvgIpc) is 2.64. The van der Waals surface area contributed by atoms with Crippen LogP contribution < -0.4 is 15.5 Å². The second-order valence-corrected chi connectivity index (χ2v) is 6.79. The first kappa shape index (κ1) is 18.9. The van der Waals surface area contributed by atoms with Gasteiger partial charge in [0.25, 0.3) is 5.91 Å². The number of hydrogen-bond acceptors (Lipinski definition) is 3. The fourth-order valence-corrected chi connectivity index (χ4v) is 3.13. The molecule has 0 aromatic heterocycles. The smallest absolute Gasteiger partial charge is 0.255 e. The lowest BCUT2D eigenvalue weighted by Crippen LogP contribution is -2.35. The van der Waals surface area contributed by atoms with Crippen molar-refractivity contribution in [1.82, 2.24) is 0 Å². The summed E-state index contributed by atoms with van der Waals surface area (Å²) in [7, 11) is 0. The molecule has 0 bridgehead atoms. The second-order valence-electron chi connectivity index (χ2n) is 6.38. The Kier molecular flexibility index (Phi) is 5.76. The second kappa shape index (κ2) is 8.22. The van der Waals surface area contributed by atoms with Crippen molar-refractivity contribution in [3.8, 4) is 0 Å². The van der Waals surface area contributed by atoms with Gasteiger partial charge < -0.3 is 15.5 Å². The minimum absolute atomic E-state index is 0.116. The number of carbonyl (C=O) groups is 3. The van der Waals surface area contributed by atoms with E-state index in [1.165, 1.54) is 6.92 Å². The molecular formula is C20H20ClN3O3. The van der Waals surface area contributed by atoms with Crippen molar-refractivity contribution in [2.75, 3.05) is 22.1 Å². The van der Waals surface area contributed by atoms with Crippen LogP contribution in [0.2, 0.25) is 5.02 Å². The molecule has 1 fully saturated rings. The number of halogens is 1. The van der Waals surface area contributed by atoms with Gasteiger partial charge in [-0.15, -0.1) is 0 Å². The van der Waals surface area contributed by atoms with Crippen molar-refractivity contribution in [3.63, 3.8) is 0 Å². The molecule has 2 N–H and O–H groups in total. The first-order valence-corrected chi connectivity index (χ1v) is 9.11. The molecule has 27 heavy (non-hydrogen) atoms. The number of nitrogens with zero attached hydrogens (tertiary/aromatic N) is 1. The highest BCUT2D eigenvalue weighted by Gasteiger charge is 2.19. The fraction of sp³-hybridized carbons (Fsp3) is 0.250. The van der Waals surface area contributed by atoms with E-state index < -0.39 is 0 Å². The van der Waals surface area contributed by atoms with Gasteiger partial charge in [0, 0.05) is 36.8 Å². The molecular weight excluding hydrogens is 366 g/mol. The molecule has 2 aromatic carbocycles. The van der Waals surface area contributed by atoms with E-state index in [9.17, 15) is 14.4 Å². The summed E-state index contributed by atoms with van der Waals surface area (Å²) >= 11 is 6.04. The van der Waals surface area contributed by atoms with Crippen LogP contribution in [0.25, 0.3) is 0 Å². The maximum atomic E-state index is 12.5. The van der Waals surface area contributed by atoms with Gasteiger partial charge in [0.2, 0.25) is 11.8 Å². The van der Waals surface area contributed by atoms with Crippen LogP contribution in [0.4, 0.5) is 17.1 Å². The molecule has 0 spiro atoms.